The van der Waals surface area contributed by atoms with Gasteiger partial charge < -0.3 is 5.32 Å². The Kier molecular flexibility index (Phi) is 6.53. The van der Waals surface area contributed by atoms with Gasteiger partial charge in [-0.25, -0.2) is 0 Å². The minimum absolute atomic E-state index is 0.00234. The third-order valence-electron chi connectivity index (χ3n) is 3.46. The molecule has 0 atom stereocenters. The Bertz CT molecular complexity index is 461. The fourth-order valence-electron chi connectivity index (χ4n) is 2.36. The van der Waals surface area contributed by atoms with Crippen molar-refractivity contribution in [3.63, 3.8) is 0 Å². The van der Waals surface area contributed by atoms with Crippen molar-refractivity contribution in [1.29, 1.82) is 0 Å². The Hall–Kier alpha value is -0.380. The van der Waals surface area contributed by atoms with Crippen molar-refractivity contribution in [3.05, 3.63) is 28.2 Å². The van der Waals surface area contributed by atoms with Crippen molar-refractivity contribution in [2.24, 2.45) is 0 Å². The number of amides is 1. The highest BCUT2D eigenvalue weighted by Gasteiger charge is 2.14. The number of anilines is 1. The fourth-order valence-corrected chi connectivity index (χ4v) is 4.01. The molecule has 0 heterocycles. The van der Waals surface area contributed by atoms with Gasteiger partial charge in [0.25, 0.3) is 0 Å². The first-order valence-electron chi connectivity index (χ1n) is 7.02. The van der Waals surface area contributed by atoms with Gasteiger partial charge in [0.2, 0.25) is 5.91 Å². The van der Waals surface area contributed by atoms with Crippen LogP contribution in [0.25, 0.3) is 0 Å². The molecule has 1 saturated carbocycles. The summed E-state index contributed by atoms with van der Waals surface area (Å²) in [6, 6.07) is 5.25. The van der Waals surface area contributed by atoms with Crippen LogP contribution in [0, 0.1) is 0 Å². The number of nitrogens with one attached hydrogen (secondary N) is 1. The highest BCUT2D eigenvalue weighted by molar-refractivity contribution is 7.99. The SMILES string of the molecule is O=C(CCSC1CCCCC1)Nc1cccc(Cl)c1Cl. The molecular weight excluding hydrogens is 313 g/mol. The van der Waals surface area contributed by atoms with Crippen molar-refractivity contribution in [2.45, 2.75) is 43.8 Å². The number of hydrogen-bond donors (Lipinski definition) is 1. The maximum Gasteiger partial charge on any atom is 0.225 e. The average Bonchev–Trinajstić information content (AvgIpc) is 2.45. The van der Waals surface area contributed by atoms with E-state index in [-0.39, 0.29) is 5.91 Å². The molecule has 1 aliphatic rings. The first kappa shape index (κ1) is 16.0. The van der Waals surface area contributed by atoms with Crippen LogP contribution in [-0.4, -0.2) is 16.9 Å². The lowest BCUT2D eigenvalue weighted by molar-refractivity contribution is -0.115. The minimum atomic E-state index is -0.00234. The third-order valence-corrected chi connectivity index (χ3v) is 5.66. The Morgan fingerprint density at radius 2 is 2.00 bits per heavy atom. The number of rotatable bonds is 5. The molecule has 0 saturated heterocycles. The number of benzene rings is 1. The summed E-state index contributed by atoms with van der Waals surface area (Å²) in [5.41, 5.74) is 0.590. The molecule has 0 bridgehead atoms. The van der Waals surface area contributed by atoms with E-state index >= 15 is 0 Å². The first-order valence-corrected chi connectivity index (χ1v) is 8.83. The summed E-state index contributed by atoms with van der Waals surface area (Å²) in [5.74, 6) is 0.867. The Labute approximate surface area is 134 Å². The van der Waals surface area contributed by atoms with E-state index in [4.69, 9.17) is 23.2 Å². The van der Waals surface area contributed by atoms with E-state index in [0.717, 1.165) is 11.0 Å². The molecule has 1 amide bonds. The molecule has 0 aliphatic heterocycles. The molecule has 0 aromatic heterocycles. The lowest BCUT2D eigenvalue weighted by atomic mass is 10.0. The molecule has 2 rings (SSSR count). The van der Waals surface area contributed by atoms with Crippen LogP contribution >= 0.6 is 35.0 Å². The van der Waals surface area contributed by atoms with Gasteiger partial charge in [-0.15, -0.1) is 0 Å². The summed E-state index contributed by atoms with van der Waals surface area (Å²) in [7, 11) is 0. The van der Waals surface area contributed by atoms with E-state index in [1.54, 1.807) is 18.2 Å². The summed E-state index contributed by atoms with van der Waals surface area (Å²) in [6.07, 6.45) is 7.15. The number of carbonyl (C=O) groups is 1. The van der Waals surface area contributed by atoms with Gasteiger partial charge in [-0.1, -0.05) is 48.5 Å². The van der Waals surface area contributed by atoms with E-state index in [1.807, 2.05) is 11.8 Å². The molecule has 0 spiro atoms. The van der Waals surface area contributed by atoms with E-state index in [0.29, 0.717) is 22.2 Å². The second-order valence-electron chi connectivity index (χ2n) is 5.03. The molecule has 0 radical (unpaired) electrons. The largest absolute Gasteiger partial charge is 0.325 e. The van der Waals surface area contributed by atoms with Gasteiger partial charge in [-0.05, 0) is 25.0 Å². The molecular formula is C15H19Cl2NOS. The third kappa shape index (κ3) is 4.87. The zero-order chi connectivity index (χ0) is 14.4. The second-order valence-corrected chi connectivity index (χ2v) is 7.22. The predicted molar refractivity (Wildman–Crippen MR) is 89.0 cm³/mol. The summed E-state index contributed by atoms with van der Waals surface area (Å²) in [5, 5.41) is 4.43. The smallest absolute Gasteiger partial charge is 0.225 e. The number of thioether (sulfide) groups is 1. The molecule has 1 N–H and O–H groups in total. The summed E-state index contributed by atoms with van der Waals surface area (Å²) in [4.78, 5) is 11.9. The van der Waals surface area contributed by atoms with Crippen LogP contribution in [0.4, 0.5) is 5.69 Å². The summed E-state index contributed by atoms with van der Waals surface area (Å²) < 4.78 is 0. The lowest BCUT2D eigenvalue weighted by Crippen LogP contribution is -2.14. The van der Waals surface area contributed by atoms with E-state index in [1.165, 1.54) is 32.1 Å². The average molecular weight is 332 g/mol. The number of halogens is 2. The van der Waals surface area contributed by atoms with Crippen molar-refractivity contribution in [2.75, 3.05) is 11.1 Å². The fraction of sp³-hybridized carbons (Fsp3) is 0.533. The van der Waals surface area contributed by atoms with Crippen molar-refractivity contribution in [1.82, 2.24) is 0 Å². The van der Waals surface area contributed by atoms with Gasteiger partial charge in [0.1, 0.15) is 0 Å². The molecule has 5 heteroatoms. The van der Waals surface area contributed by atoms with E-state index in [9.17, 15) is 4.79 Å². The Morgan fingerprint density at radius 3 is 2.75 bits per heavy atom. The van der Waals surface area contributed by atoms with Crippen LogP contribution in [0.1, 0.15) is 38.5 Å². The van der Waals surface area contributed by atoms with Crippen LogP contribution in [0.15, 0.2) is 18.2 Å². The predicted octanol–water partition coefficient (Wildman–Crippen LogP) is 5.39. The van der Waals surface area contributed by atoms with Gasteiger partial charge in [0.15, 0.2) is 0 Å². The zero-order valence-electron chi connectivity index (χ0n) is 11.3. The normalized spacial score (nSPS) is 16.1. The summed E-state index contributed by atoms with van der Waals surface area (Å²) >= 11 is 13.9. The van der Waals surface area contributed by atoms with Gasteiger partial charge >= 0.3 is 0 Å². The van der Waals surface area contributed by atoms with Crippen molar-refractivity contribution < 1.29 is 4.79 Å². The Morgan fingerprint density at radius 1 is 1.25 bits per heavy atom. The second kappa shape index (κ2) is 8.16. The van der Waals surface area contributed by atoms with E-state index in [2.05, 4.69) is 5.32 Å². The monoisotopic (exact) mass is 331 g/mol. The molecule has 110 valence electrons. The van der Waals surface area contributed by atoms with Crippen LogP contribution in [0.2, 0.25) is 10.0 Å². The van der Waals surface area contributed by atoms with E-state index < -0.39 is 0 Å². The van der Waals surface area contributed by atoms with Gasteiger partial charge in [0.05, 0.1) is 15.7 Å². The Balaban J connectivity index is 1.73. The van der Waals surface area contributed by atoms with Crippen LogP contribution in [0.3, 0.4) is 0 Å². The quantitative estimate of drug-likeness (QED) is 0.783. The van der Waals surface area contributed by atoms with Gasteiger partial charge in [0, 0.05) is 17.4 Å². The standard InChI is InChI=1S/C15H19Cl2NOS/c16-12-7-4-8-13(15(12)17)18-14(19)9-10-20-11-5-2-1-3-6-11/h4,7-8,11H,1-3,5-6,9-10H2,(H,18,19). The van der Waals surface area contributed by atoms with Gasteiger partial charge in [-0.2, -0.15) is 11.8 Å². The van der Waals surface area contributed by atoms with Crippen LogP contribution in [-0.2, 0) is 4.79 Å². The molecule has 0 unspecified atom stereocenters. The van der Waals surface area contributed by atoms with Crippen molar-refractivity contribution >= 4 is 46.6 Å². The maximum atomic E-state index is 11.9. The number of carbonyl (C=O) groups excluding carboxylic acids is 1. The zero-order valence-corrected chi connectivity index (χ0v) is 13.7. The first-order chi connectivity index (χ1) is 9.66. The molecule has 1 aliphatic carbocycles. The highest BCUT2D eigenvalue weighted by Crippen LogP contribution is 2.30. The van der Waals surface area contributed by atoms with Crippen molar-refractivity contribution in [3.8, 4) is 0 Å². The lowest BCUT2D eigenvalue weighted by Gasteiger charge is -2.20. The highest BCUT2D eigenvalue weighted by atomic mass is 35.5. The number of hydrogen-bond acceptors (Lipinski definition) is 2. The molecule has 1 fully saturated rings. The summed E-state index contributed by atoms with van der Waals surface area (Å²) in [6.45, 7) is 0. The maximum absolute atomic E-state index is 11.9. The molecule has 2 nitrogen and oxygen atoms in total. The van der Waals surface area contributed by atoms with Gasteiger partial charge in [-0.3, -0.25) is 4.79 Å². The topological polar surface area (TPSA) is 29.1 Å². The molecule has 1 aromatic carbocycles. The molecule has 1 aromatic rings. The molecule has 20 heavy (non-hydrogen) atoms. The minimum Gasteiger partial charge on any atom is -0.325 e. The van der Waals surface area contributed by atoms with Crippen LogP contribution < -0.4 is 5.32 Å². The van der Waals surface area contributed by atoms with Crippen LogP contribution in [0.5, 0.6) is 0 Å².